The number of carbonyl (C=O) groups is 1. The van der Waals surface area contributed by atoms with Crippen molar-refractivity contribution in [1.29, 1.82) is 0 Å². The molecular weight excluding hydrogens is 330 g/mol. The standard InChI is InChI=1S/C20H25N3OS/c1-25-19-10-6-5-9-18(19)20(24)21-11-12-22-13-15-23(16-14-22)17-7-3-2-4-8-17/h2-10H,11-16H2,1H3,(H,21,24). The van der Waals surface area contributed by atoms with Gasteiger partial charge in [-0.25, -0.2) is 0 Å². The van der Waals surface area contributed by atoms with Crippen LogP contribution >= 0.6 is 11.8 Å². The number of amides is 1. The average Bonchev–Trinajstić information content (AvgIpc) is 2.69. The van der Waals surface area contributed by atoms with Gasteiger partial charge in [0.05, 0.1) is 5.56 Å². The van der Waals surface area contributed by atoms with Gasteiger partial charge in [-0.1, -0.05) is 30.3 Å². The largest absolute Gasteiger partial charge is 0.369 e. The topological polar surface area (TPSA) is 35.6 Å². The summed E-state index contributed by atoms with van der Waals surface area (Å²) in [6.45, 7) is 5.72. The number of nitrogens with one attached hydrogen (secondary N) is 1. The van der Waals surface area contributed by atoms with Crippen molar-refractivity contribution in [2.45, 2.75) is 4.90 Å². The fourth-order valence-electron chi connectivity index (χ4n) is 3.12. The van der Waals surface area contributed by atoms with Crippen molar-refractivity contribution >= 4 is 23.4 Å². The van der Waals surface area contributed by atoms with Gasteiger partial charge < -0.3 is 10.2 Å². The second-order valence-electron chi connectivity index (χ2n) is 6.12. The molecule has 0 aromatic heterocycles. The normalized spacial score (nSPS) is 15.2. The maximum Gasteiger partial charge on any atom is 0.252 e. The first-order chi connectivity index (χ1) is 12.3. The molecule has 0 bridgehead atoms. The van der Waals surface area contributed by atoms with E-state index in [9.17, 15) is 4.79 Å². The lowest BCUT2D eigenvalue weighted by Crippen LogP contribution is -2.48. The Kier molecular flexibility index (Phi) is 6.36. The van der Waals surface area contributed by atoms with Crippen LogP contribution in [0.25, 0.3) is 0 Å². The van der Waals surface area contributed by atoms with E-state index in [1.54, 1.807) is 11.8 Å². The fourth-order valence-corrected chi connectivity index (χ4v) is 3.72. The van der Waals surface area contributed by atoms with E-state index in [2.05, 4.69) is 45.4 Å². The van der Waals surface area contributed by atoms with Crippen LogP contribution in [0.2, 0.25) is 0 Å². The second-order valence-corrected chi connectivity index (χ2v) is 6.97. The highest BCUT2D eigenvalue weighted by atomic mass is 32.2. The number of anilines is 1. The number of hydrogen-bond donors (Lipinski definition) is 1. The third-order valence-electron chi connectivity index (χ3n) is 4.56. The van der Waals surface area contributed by atoms with Gasteiger partial charge in [0, 0.05) is 49.9 Å². The van der Waals surface area contributed by atoms with E-state index < -0.39 is 0 Å². The van der Waals surface area contributed by atoms with Crippen LogP contribution in [0, 0.1) is 0 Å². The van der Waals surface area contributed by atoms with Crippen LogP contribution in [0.4, 0.5) is 5.69 Å². The maximum atomic E-state index is 12.4. The molecule has 0 unspecified atom stereocenters. The van der Waals surface area contributed by atoms with Gasteiger partial charge in [0.15, 0.2) is 0 Å². The molecule has 3 rings (SSSR count). The average molecular weight is 356 g/mol. The van der Waals surface area contributed by atoms with Crippen LogP contribution in [-0.2, 0) is 0 Å². The molecule has 0 aliphatic carbocycles. The van der Waals surface area contributed by atoms with E-state index in [0.717, 1.165) is 43.2 Å². The molecule has 1 heterocycles. The summed E-state index contributed by atoms with van der Waals surface area (Å²) in [4.78, 5) is 18.2. The van der Waals surface area contributed by atoms with Crippen molar-refractivity contribution < 1.29 is 4.79 Å². The SMILES string of the molecule is CSc1ccccc1C(=O)NCCN1CCN(c2ccccc2)CC1. The molecule has 0 radical (unpaired) electrons. The number of carbonyl (C=O) groups excluding carboxylic acids is 1. The summed E-state index contributed by atoms with van der Waals surface area (Å²) in [5, 5.41) is 3.06. The van der Waals surface area contributed by atoms with Crippen molar-refractivity contribution in [3.63, 3.8) is 0 Å². The lowest BCUT2D eigenvalue weighted by molar-refractivity contribution is 0.0945. The van der Waals surface area contributed by atoms with Crippen LogP contribution < -0.4 is 10.2 Å². The molecule has 1 fully saturated rings. The van der Waals surface area contributed by atoms with Gasteiger partial charge in [-0.05, 0) is 30.5 Å². The summed E-state index contributed by atoms with van der Waals surface area (Å²) in [6.07, 6.45) is 2.00. The van der Waals surface area contributed by atoms with E-state index >= 15 is 0 Å². The number of nitrogens with zero attached hydrogens (tertiary/aromatic N) is 2. The molecule has 2 aromatic rings. The lowest BCUT2D eigenvalue weighted by Gasteiger charge is -2.36. The zero-order valence-electron chi connectivity index (χ0n) is 14.6. The molecule has 1 N–H and O–H groups in total. The highest BCUT2D eigenvalue weighted by Gasteiger charge is 2.17. The number of benzene rings is 2. The molecule has 1 saturated heterocycles. The van der Waals surface area contributed by atoms with Crippen LogP contribution in [0.15, 0.2) is 59.5 Å². The minimum atomic E-state index is 0.0212. The zero-order valence-corrected chi connectivity index (χ0v) is 15.5. The van der Waals surface area contributed by atoms with Crippen molar-refractivity contribution in [3.8, 4) is 0 Å². The lowest BCUT2D eigenvalue weighted by atomic mass is 10.2. The first kappa shape index (κ1) is 17.8. The van der Waals surface area contributed by atoms with Crippen LogP contribution in [0.1, 0.15) is 10.4 Å². The minimum Gasteiger partial charge on any atom is -0.369 e. The highest BCUT2D eigenvalue weighted by molar-refractivity contribution is 7.98. The van der Waals surface area contributed by atoms with Crippen molar-refractivity contribution in [2.24, 2.45) is 0 Å². The highest BCUT2D eigenvalue weighted by Crippen LogP contribution is 2.19. The van der Waals surface area contributed by atoms with E-state index in [1.807, 2.05) is 30.5 Å². The summed E-state index contributed by atoms with van der Waals surface area (Å²) < 4.78 is 0. The number of hydrogen-bond acceptors (Lipinski definition) is 4. The van der Waals surface area contributed by atoms with Gasteiger partial charge in [-0.3, -0.25) is 9.69 Å². The van der Waals surface area contributed by atoms with Crippen LogP contribution in [0.5, 0.6) is 0 Å². The molecule has 2 aromatic carbocycles. The van der Waals surface area contributed by atoms with Crippen molar-refractivity contribution in [3.05, 3.63) is 60.2 Å². The van der Waals surface area contributed by atoms with Gasteiger partial charge in [-0.15, -0.1) is 11.8 Å². The van der Waals surface area contributed by atoms with E-state index in [1.165, 1.54) is 5.69 Å². The summed E-state index contributed by atoms with van der Waals surface area (Å²) in [6, 6.07) is 18.3. The fraction of sp³-hybridized carbons (Fsp3) is 0.350. The Morgan fingerprint density at radius 2 is 1.68 bits per heavy atom. The van der Waals surface area contributed by atoms with E-state index in [4.69, 9.17) is 0 Å². The molecule has 132 valence electrons. The quantitative estimate of drug-likeness (QED) is 0.808. The Balaban J connectivity index is 1.42. The molecule has 1 aliphatic rings. The first-order valence-electron chi connectivity index (χ1n) is 8.71. The third kappa shape index (κ3) is 4.77. The Labute approximate surface area is 154 Å². The number of piperazine rings is 1. The zero-order chi connectivity index (χ0) is 17.5. The monoisotopic (exact) mass is 355 g/mol. The summed E-state index contributed by atoms with van der Waals surface area (Å²) in [5.41, 5.74) is 2.06. The van der Waals surface area contributed by atoms with Gasteiger partial charge in [0.1, 0.15) is 0 Å². The molecule has 1 amide bonds. The van der Waals surface area contributed by atoms with E-state index in [-0.39, 0.29) is 5.91 Å². The molecule has 4 nitrogen and oxygen atoms in total. The molecular formula is C20H25N3OS. The van der Waals surface area contributed by atoms with Crippen molar-refractivity contribution in [1.82, 2.24) is 10.2 Å². The number of thioether (sulfide) groups is 1. The smallest absolute Gasteiger partial charge is 0.252 e. The Bertz CT molecular complexity index is 684. The van der Waals surface area contributed by atoms with Gasteiger partial charge in [-0.2, -0.15) is 0 Å². The Hall–Kier alpha value is -1.98. The molecule has 0 atom stereocenters. The minimum absolute atomic E-state index is 0.0212. The Morgan fingerprint density at radius 1 is 1.00 bits per heavy atom. The first-order valence-corrected chi connectivity index (χ1v) is 9.94. The van der Waals surface area contributed by atoms with Crippen LogP contribution in [0.3, 0.4) is 0 Å². The summed E-state index contributed by atoms with van der Waals surface area (Å²) in [5.74, 6) is 0.0212. The van der Waals surface area contributed by atoms with Crippen LogP contribution in [-0.4, -0.2) is 56.3 Å². The number of para-hydroxylation sites is 1. The van der Waals surface area contributed by atoms with Gasteiger partial charge in [0.2, 0.25) is 0 Å². The Morgan fingerprint density at radius 3 is 2.40 bits per heavy atom. The molecule has 0 spiro atoms. The molecule has 1 aliphatic heterocycles. The summed E-state index contributed by atoms with van der Waals surface area (Å²) in [7, 11) is 0. The molecule has 25 heavy (non-hydrogen) atoms. The molecule has 5 heteroatoms. The number of rotatable bonds is 6. The van der Waals surface area contributed by atoms with E-state index in [0.29, 0.717) is 6.54 Å². The second kappa shape index (κ2) is 8.92. The van der Waals surface area contributed by atoms with Crippen molar-refractivity contribution in [2.75, 3.05) is 50.4 Å². The maximum absolute atomic E-state index is 12.4. The molecule has 0 saturated carbocycles. The van der Waals surface area contributed by atoms with Gasteiger partial charge in [0.25, 0.3) is 5.91 Å². The predicted octanol–water partition coefficient (Wildman–Crippen LogP) is 2.96. The third-order valence-corrected chi connectivity index (χ3v) is 5.35. The predicted molar refractivity (Wildman–Crippen MR) is 106 cm³/mol. The van der Waals surface area contributed by atoms with Gasteiger partial charge >= 0.3 is 0 Å². The summed E-state index contributed by atoms with van der Waals surface area (Å²) >= 11 is 1.61.